The minimum absolute atomic E-state index is 0.00842. The Kier molecular flexibility index (Phi) is 5.00. The number of aryl methyl sites for hydroxylation is 1. The zero-order chi connectivity index (χ0) is 14.6. The number of amides is 1. The van der Waals surface area contributed by atoms with E-state index in [1.165, 1.54) is 6.07 Å². The van der Waals surface area contributed by atoms with E-state index in [0.29, 0.717) is 10.6 Å². The number of aromatic nitrogens is 1. The third-order valence-electron chi connectivity index (χ3n) is 2.24. The molecule has 2 rings (SSSR count). The van der Waals surface area contributed by atoms with Crippen LogP contribution < -0.4 is 11.5 Å². The van der Waals surface area contributed by atoms with E-state index in [9.17, 15) is 9.18 Å². The average Bonchev–Trinajstić information content (AvgIpc) is 2.77. The summed E-state index contributed by atoms with van der Waals surface area (Å²) in [4.78, 5) is 15.0. The number of rotatable bonds is 2. The van der Waals surface area contributed by atoms with Crippen LogP contribution >= 0.6 is 11.3 Å². The van der Waals surface area contributed by atoms with Gasteiger partial charge in [0.05, 0.1) is 0 Å². The Balaban J connectivity index is 0.000000861. The number of anilines is 1. The highest BCUT2D eigenvalue weighted by Crippen LogP contribution is 2.31. The number of nitrogens with zero attached hydrogens (tertiary/aromatic N) is 1. The van der Waals surface area contributed by atoms with Crippen LogP contribution in [-0.2, 0) is 0 Å². The molecule has 1 amide bonds. The van der Waals surface area contributed by atoms with Gasteiger partial charge in [-0.05, 0) is 19.1 Å². The molecule has 1 aromatic heterocycles. The van der Waals surface area contributed by atoms with Crippen molar-refractivity contribution in [2.45, 2.75) is 20.8 Å². The molecule has 1 aromatic carbocycles. The second-order valence-corrected chi connectivity index (χ2v) is 4.61. The molecule has 1 heterocycles. The van der Waals surface area contributed by atoms with Crippen LogP contribution in [0.1, 0.15) is 29.9 Å². The molecule has 0 aliphatic carbocycles. The Morgan fingerprint density at radius 3 is 2.53 bits per heavy atom. The van der Waals surface area contributed by atoms with Crippen molar-refractivity contribution in [1.29, 1.82) is 0 Å². The van der Waals surface area contributed by atoms with Gasteiger partial charge in [0.2, 0.25) is 0 Å². The summed E-state index contributed by atoms with van der Waals surface area (Å²) >= 11 is 1.04. The van der Waals surface area contributed by atoms with Gasteiger partial charge in [-0.2, -0.15) is 0 Å². The van der Waals surface area contributed by atoms with Gasteiger partial charge in [0, 0.05) is 5.56 Å². The van der Waals surface area contributed by atoms with Crippen molar-refractivity contribution in [2.24, 2.45) is 5.73 Å². The zero-order valence-electron chi connectivity index (χ0n) is 11.0. The Labute approximate surface area is 115 Å². The van der Waals surface area contributed by atoms with Crippen LogP contribution in [-0.4, -0.2) is 10.9 Å². The molecule has 4 N–H and O–H groups in total. The molecule has 0 aliphatic heterocycles. The van der Waals surface area contributed by atoms with Crippen molar-refractivity contribution >= 4 is 22.2 Å². The third-order valence-corrected chi connectivity index (χ3v) is 3.16. The minimum atomic E-state index is -0.710. The van der Waals surface area contributed by atoms with E-state index in [1.54, 1.807) is 12.1 Å². The van der Waals surface area contributed by atoms with Gasteiger partial charge in [0.25, 0.3) is 5.91 Å². The van der Waals surface area contributed by atoms with Crippen molar-refractivity contribution in [3.63, 3.8) is 0 Å². The van der Waals surface area contributed by atoms with Crippen molar-refractivity contribution < 1.29 is 9.18 Å². The molecule has 0 bridgehead atoms. The first-order chi connectivity index (χ1) is 8.99. The van der Waals surface area contributed by atoms with Gasteiger partial charge in [-0.25, -0.2) is 9.37 Å². The van der Waals surface area contributed by atoms with Crippen molar-refractivity contribution in [3.05, 3.63) is 35.3 Å². The molecule has 102 valence electrons. The first-order valence-electron chi connectivity index (χ1n) is 5.81. The number of halogens is 1. The van der Waals surface area contributed by atoms with Crippen molar-refractivity contribution in [2.75, 3.05) is 5.73 Å². The van der Waals surface area contributed by atoms with E-state index in [1.807, 2.05) is 20.8 Å². The van der Waals surface area contributed by atoms with Gasteiger partial charge in [0.1, 0.15) is 15.8 Å². The lowest BCUT2D eigenvalue weighted by molar-refractivity contribution is 0.0997. The molecular formula is C13H16FN3OS. The highest BCUT2D eigenvalue weighted by atomic mass is 32.1. The fraction of sp³-hybridized carbons (Fsp3) is 0.231. The minimum Gasteiger partial charge on any atom is -0.389 e. The molecule has 0 aliphatic rings. The predicted molar refractivity (Wildman–Crippen MR) is 76.5 cm³/mol. The maximum Gasteiger partial charge on any atom is 0.270 e. The maximum absolute atomic E-state index is 13.6. The number of carbonyl (C=O) groups excluding carboxylic acids is 1. The highest BCUT2D eigenvalue weighted by Gasteiger charge is 2.16. The lowest BCUT2D eigenvalue weighted by Gasteiger charge is -1.99. The number of benzene rings is 1. The molecule has 6 heteroatoms. The maximum atomic E-state index is 13.6. The van der Waals surface area contributed by atoms with E-state index in [0.717, 1.165) is 16.9 Å². The molecule has 0 saturated heterocycles. The van der Waals surface area contributed by atoms with Crippen LogP contribution in [0.15, 0.2) is 18.2 Å². The van der Waals surface area contributed by atoms with E-state index in [2.05, 4.69) is 4.98 Å². The first kappa shape index (κ1) is 15.1. The summed E-state index contributed by atoms with van der Waals surface area (Å²) in [5.41, 5.74) is 11.9. The standard InChI is InChI=1S/C11H10FN3OS.C2H6/c1-5-2-3-7(12)6(4-5)11-15-8(9(13)16)10(14)17-11;1-2/h2-4H,14H2,1H3,(H2,13,16);1-2H3. The van der Waals surface area contributed by atoms with Crippen LogP contribution in [0, 0.1) is 12.7 Å². The second kappa shape index (κ2) is 6.29. The number of carbonyl (C=O) groups is 1. The topological polar surface area (TPSA) is 82.0 Å². The van der Waals surface area contributed by atoms with E-state index < -0.39 is 11.7 Å². The van der Waals surface area contributed by atoms with Crippen LogP contribution in [0.25, 0.3) is 10.6 Å². The molecule has 0 unspecified atom stereocenters. The smallest absolute Gasteiger partial charge is 0.270 e. The zero-order valence-corrected chi connectivity index (χ0v) is 11.8. The van der Waals surface area contributed by atoms with Crippen molar-refractivity contribution in [1.82, 2.24) is 4.98 Å². The quantitative estimate of drug-likeness (QED) is 0.887. The summed E-state index contributed by atoms with van der Waals surface area (Å²) in [5, 5.41) is 0.561. The number of primary amides is 1. The lowest BCUT2D eigenvalue weighted by Crippen LogP contribution is -2.13. The lowest BCUT2D eigenvalue weighted by atomic mass is 10.1. The largest absolute Gasteiger partial charge is 0.389 e. The normalized spacial score (nSPS) is 9.68. The molecule has 0 radical (unpaired) electrons. The SMILES string of the molecule is CC.Cc1ccc(F)c(-c2nc(C(N)=O)c(N)s2)c1. The number of nitrogen functional groups attached to an aromatic ring is 1. The van der Waals surface area contributed by atoms with Gasteiger partial charge in [-0.1, -0.05) is 36.8 Å². The molecular weight excluding hydrogens is 265 g/mol. The van der Waals surface area contributed by atoms with Gasteiger partial charge in [-0.15, -0.1) is 0 Å². The molecule has 19 heavy (non-hydrogen) atoms. The van der Waals surface area contributed by atoms with E-state index >= 15 is 0 Å². The molecule has 0 fully saturated rings. The van der Waals surface area contributed by atoms with E-state index in [4.69, 9.17) is 11.5 Å². The Morgan fingerprint density at radius 1 is 1.37 bits per heavy atom. The number of hydrogen-bond acceptors (Lipinski definition) is 4. The number of thiazole rings is 1. The molecule has 0 spiro atoms. The van der Waals surface area contributed by atoms with Gasteiger partial charge >= 0.3 is 0 Å². The fourth-order valence-corrected chi connectivity index (χ4v) is 2.28. The Hall–Kier alpha value is -1.95. The van der Waals surface area contributed by atoms with Crippen LogP contribution in [0.5, 0.6) is 0 Å². The summed E-state index contributed by atoms with van der Waals surface area (Å²) in [7, 11) is 0. The number of hydrogen-bond donors (Lipinski definition) is 2. The summed E-state index contributed by atoms with van der Waals surface area (Å²) in [6.07, 6.45) is 0. The van der Waals surface area contributed by atoms with Gasteiger partial charge in [0.15, 0.2) is 5.69 Å². The average molecular weight is 281 g/mol. The predicted octanol–water partition coefficient (Wildman–Crippen LogP) is 2.96. The van der Waals surface area contributed by atoms with Crippen molar-refractivity contribution in [3.8, 4) is 10.6 Å². The Morgan fingerprint density at radius 2 is 2.00 bits per heavy atom. The highest BCUT2D eigenvalue weighted by molar-refractivity contribution is 7.19. The molecule has 0 atom stereocenters. The Bertz CT molecular complexity index is 596. The van der Waals surface area contributed by atoms with Gasteiger partial charge < -0.3 is 11.5 Å². The summed E-state index contributed by atoms with van der Waals surface area (Å²) in [5.74, 6) is -1.11. The van der Waals surface area contributed by atoms with E-state index in [-0.39, 0.29) is 10.7 Å². The van der Waals surface area contributed by atoms with Crippen LogP contribution in [0.4, 0.5) is 9.39 Å². The second-order valence-electron chi connectivity index (χ2n) is 3.58. The summed E-state index contributed by atoms with van der Waals surface area (Å²) < 4.78 is 13.6. The number of nitrogens with two attached hydrogens (primary N) is 2. The summed E-state index contributed by atoms with van der Waals surface area (Å²) in [6.45, 7) is 5.84. The van der Waals surface area contributed by atoms with Crippen LogP contribution in [0.3, 0.4) is 0 Å². The summed E-state index contributed by atoms with van der Waals surface area (Å²) in [6, 6.07) is 4.66. The van der Waals surface area contributed by atoms with Crippen LogP contribution in [0.2, 0.25) is 0 Å². The van der Waals surface area contributed by atoms with Gasteiger partial charge in [-0.3, -0.25) is 4.79 Å². The molecule has 4 nitrogen and oxygen atoms in total. The first-order valence-corrected chi connectivity index (χ1v) is 6.63. The molecule has 0 saturated carbocycles. The molecule has 2 aromatic rings. The fourth-order valence-electron chi connectivity index (χ4n) is 1.43. The monoisotopic (exact) mass is 281 g/mol. The third kappa shape index (κ3) is 3.29.